The van der Waals surface area contributed by atoms with Crippen molar-refractivity contribution in [2.75, 3.05) is 0 Å². The molecule has 1 aromatic rings. The van der Waals surface area contributed by atoms with Crippen molar-refractivity contribution in [2.45, 2.75) is 72.6 Å². The van der Waals surface area contributed by atoms with Gasteiger partial charge in [0.05, 0.1) is 0 Å². The highest BCUT2D eigenvalue weighted by atomic mass is 14.3. The molecule has 0 amide bonds. The molecule has 0 saturated carbocycles. The van der Waals surface area contributed by atoms with Crippen molar-refractivity contribution in [1.82, 2.24) is 0 Å². The first kappa shape index (κ1) is 14.3. The molecule has 0 unspecified atom stereocenters. The Morgan fingerprint density at radius 1 is 0.882 bits per heavy atom. The molecule has 0 spiro atoms. The van der Waals surface area contributed by atoms with Crippen molar-refractivity contribution < 1.29 is 0 Å². The summed E-state index contributed by atoms with van der Waals surface area (Å²) in [5.41, 5.74) is 6.32. The smallest absolute Gasteiger partial charge is 0.0126 e. The summed E-state index contributed by atoms with van der Waals surface area (Å²) in [4.78, 5) is 0. The molecular weight excluding hydrogens is 204 g/mol. The first-order valence-corrected chi connectivity index (χ1v) is 6.80. The van der Waals surface area contributed by atoms with Gasteiger partial charge in [-0.15, -0.1) is 0 Å². The van der Waals surface area contributed by atoms with E-state index >= 15 is 0 Å². The Balaban J connectivity index is 3.62. The predicted octanol–water partition coefficient (Wildman–Crippen LogP) is 5.54. The highest BCUT2D eigenvalue weighted by molar-refractivity contribution is 5.47. The molecule has 17 heavy (non-hydrogen) atoms. The maximum Gasteiger partial charge on any atom is -0.0126 e. The van der Waals surface area contributed by atoms with E-state index in [0.717, 1.165) is 0 Å². The Morgan fingerprint density at radius 3 is 1.76 bits per heavy atom. The summed E-state index contributed by atoms with van der Waals surface area (Å²) in [6, 6.07) is 4.62. The van der Waals surface area contributed by atoms with E-state index in [1.165, 1.54) is 11.1 Å². The van der Waals surface area contributed by atoms with E-state index in [1.54, 1.807) is 11.1 Å². The maximum atomic E-state index is 2.33. The first-order chi connectivity index (χ1) is 7.66. The third-order valence-electron chi connectivity index (χ3n) is 3.45. The van der Waals surface area contributed by atoms with E-state index < -0.39 is 0 Å². The molecule has 1 rings (SSSR count). The molecule has 0 saturated heterocycles. The van der Waals surface area contributed by atoms with Crippen LogP contribution in [0.3, 0.4) is 0 Å². The fourth-order valence-electron chi connectivity index (χ4n) is 2.80. The van der Waals surface area contributed by atoms with Gasteiger partial charge < -0.3 is 0 Å². The van der Waals surface area contributed by atoms with Crippen LogP contribution >= 0.6 is 0 Å². The average Bonchev–Trinajstić information content (AvgIpc) is 2.14. The molecular formula is C17H28. The van der Waals surface area contributed by atoms with Crippen LogP contribution in [0, 0.1) is 6.92 Å². The number of rotatable bonds is 2. The van der Waals surface area contributed by atoms with E-state index in [9.17, 15) is 0 Å². The lowest BCUT2D eigenvalue weighted by Crippen LogP contribution is -2.19. The topological polar surface area (TPSA) is 0 Å². The molecule has 0 aliphatic carbocycles. The van der Waals surface area contributed by atoms with Crippen LogP contribution in [0.2, 0.25) is 0 Å². The second-order valence-corrected chi connectivity index (χ2v) is 6.82. The van der Waals surface area contributed by atoms with Crippen molar-refractivity contribution in [3.8, 4) is 0 Å². The van der Waals surface area contributed by atoms with Crippen LogP contribution in [0.4, 0.5) is 0 Å². The molecule has 0 aliphatic heterocycles. The minimum absolute atomic E-state index is 0.227. The summed E-state index contributed by atoms with van der Waals surface area (Å²) < 4.78 is 0. The summed E-state index contributed by atoms with van der Waals surface area (Å²) in [5, 5.41) is 0. The second kappa shape index (κ2) is 4.84. The van der Waals surface area contributed by atoms with Crippen LogP contribution < -0.4 is 0 Å². The van der Waals surface area contributed by atoms with Crippen LogP contribution in [0.15, 0.2) is 12.1 Å². The quantitative estimate of drug-likeness (QED) is 0.628. The van der Waals surface area contributed by atoms with Crippen molar-refractivity contribution in [3.63, 3.8) is 0 Å². The normalized spacial score (nSPS) is 12.6. The lowest BCUT2D eigenvalue weighted by molar-refractivity contribution is 0.562. The van der Waals surface area contributed by atoms with Gasteiger partial charge in [0.2, 0.25) is 0 Å². The zero-order chi connectivity index (χ0) is 13.4. The molecule has 0 radical (unpaired) electrons. The maximum absolute atomic E-state index is 2.33. The molecule has 96 valence electrons. The Bertz CT molecular complexity index is 389. The van der Waals surface area contributed by atoms with Crippen LogP contribution in [0.25, 0.3) is 0 Å². The molecule has 0 nitrogen and oxygen atoms in total. The van der Waals surface area contributed by atoms with Gasteiger partial charge in [0.25, 0.3) is 0 Å². The lowest BCUT2D eigenvalue weighted by atomic mass is 9.74. The van der Waals surface area contributed by atoms with Crippen LogP contribution in [-0.4, -0.2) is 0 Å². The van der Waals surface area contributed by atoms with E-state index in [4.69, 9.17) is 0 Å². The predicted molar refractivity (Wildman–Crippen MR) is 78.1 cm³/mol. The van der Waals surface area contributed by atoms with Crippen LogP contribution in [-0.2, 0) is 5.41 Å². The minimum atomic E-state index is 0.227. The van der Waals surface area contributed by atoms with Crippen molar-refractivity contribution in [3.05, 3.63) is 34.4 Å². The van der Waals surface area contributed by atoms with E-state index in [2.05, 4.69) is 67.5 Å². The Labute approximate surface area is 107 Å². The highest BCUT2D eigenvalue weighted by Crippen LogP contribution is 2.38. The third kappa shape index (κ3) is 2.91. The van der Waals surface area contributed by atoms with Gasteiger partial charge in [0, 0.05) is 0 Å². The Morgan fingerprint density at radius 2 is 1.41 bits per heavy atom. The molecule has 0 aliphatic rings. The Kier molecular flexibility index (Phi) is 4.06. The molecule has 0 N–H and O–H groups in total. The minimum Gasteiger partial charge on any atom is -0.0587 e. The number of aryl methyl sites for hydroxylation is 1. The van der Waals surface area contributed by atoms with E-state index in [-0.39, 0.29) is 5.41 Å². The van der Waals surface area contributed by atoms with Gasteiger partial charge in [-0.3, -0.25) is 0 Å². The molecule has 0 heterocycles. The molecule has 1 aromatic carbocycles. The van der Waals surface area contributed by atoms with Gasteiger partial charge in [-0.2, -0.15) is 0 Å². The van der Waals surface area contributed by atoms with Gasteiger partial charge in [0.1, 0.15) is 0 Å². The monoisotopic (exact) mass is 232 g/mol. The van der Waals surface area contributed by atoms with Crippen LogP contribution in [0.1, 0.15) is 82.6 Å². The molecule has 0 atom stereocenters. The fourth-order valence-corrected chi connectivity index (χ4v) is 2.80. The average molecular weight is 232 g/mol. The van der Waals surface area contributed by atoms with E-state index in [1.807, 2.05) is 0 Å². The SMILES string of the molecule is Cc1ccc(C(C)C)c(C(C)(C)C)c1C(C)C. The molecule has 0 fully saturated rings. The zero-order valence-corrected chi connectivity index (χ0v) is 12.8. The van der Waals surface area contributed by atoms with Crippen molar-refractivity contribution in [1.29, 1.82) is 0 Å². The first-order valence-electron chi connectivity index (χ1n) is 6.80. The lowest BCUT2D eigenvalue weighted by Gasteiger charge is -2.31. The van der Waals surface area contributed by atoms with Crippen molar-refractivity contribution in [2.24, 2.45) is 0 Å². The summed E-state index contributed by atoms with van der Waals surface area (Å²) in [6.45, 7) is 18.4. The Hall–Kier alpha value is -0.780. The number of hydrogen-bond acceptors (Lipinski definition) is 0. The van der Waals surface area contributed by atoms with Crippen LogP contribution in [0.5, 0.6) is 0 Å². The van der Waals surface area contributed by atoms with Gasteiger partial charge in [0.15, 0.2) is 0 Å². The fraction of sp³-hybridized carbons (Fsp3) is 0.647. The zero-order valence-electron chi connectivity index (χ0n) is 12.8. The summed E-state index contributed by atoms with van der Waals surface area (Å²) in [5.74, 6) is 1.20. The van der Waals surface area contributed by atoms with Gasteiger partial charge in [-0.1, -0.05) is 60.6 Å². The largest absolute Gasteiger partial charge is 0.0587 e. The second-order valence-electron chi connectivity index (χ2n) is 6.82. The summed E-state index contributed by atoms with van der Waals surface area (Å²) >= 11 is 0. The molecule has 0 heteroatoms. The molecule has 0 aromatic heterocycles. The summed E-state index contributed by atoms with van der Waals surface area (Å²) in [6.07, 6.45) is 0. The summed E-state index contributed by atoms with van der Waals surface area (Å²) in [7, 11) is 0. The highest BCUT2D eigenvalue weighted by Gasteiger charge is 2.25. The van der Waals surface area contributed by atoms with Gasteiger partial charge in [-0.25, -0.2) is 0 Å². The van der Waals surface area contributed by atoms with Crippen molar-refractivity contribution >= 4 is 0 Å². The molecule has 0 bridgehead atoms. The van der Waals surface area contributed by atoms with Gasteiger partial charge >= 0.3 is 0 Å². The van der Waals surface area contributed by atoms with Gasteiger partial charge in [-0.05, 0) is 46.4 Å². The number of benzene rings is 1. The standard InChI is InChI=1S/C17H28/c1-11(2)14-10-9-13(5)15(12(3)4)16(14)17(6,7)8/h9-12H,1-8H3. The van der Waals surface area contributed by atoms with E-state index in [0.29, 0.717) is 11.8 Å². The third-order valence-corrected chi connectivity index (χ3v) is 3.45. The number of hydrogen-bond donors (Lipinski definition) is 0.